The summed E-state index contributed by atoms with van der Waals surface area (Å²) in [6.07, 6.45) is 9.17. The topological polar surface area (TPSA) is 9.23 Å². The van der Waals surface area contributed by atoms with E-state index in [1.165, 1.54) is 55.2 Å². The first-order chi connectivity index (χ1) is 10.0. The average Bonchev–Trinajstić information content (AvgIpc) is 2.71. The zero-order valence-corrected chi connectivity index (χ0v) is 14.3. The van der Waals surface area contributed by atoms with Gasteiger partial charge in [-0.15, -0.1) is 11.6 Å². The predicted octanol–water partition coefficient (Wildman–Crippen LogP) is 5.71. The molecule has 0 radical (unpaired) electrons. The number of halogens is 1. The minimum absolute atomic E-state index is 0.238. The maximum absolute atomic E-state index is 6.64. The second-order valence-corrected chi connectivity index (χ2v) is 7.69. The van der Waals surface area contributed by atoms with Crippen molar-refractivity contribution in [3.05, 3.63) is 28.8 Å². The summed E-state index contributed by atoms with van der Waals surface area (Å²) in [6.45, 7) is 6.48. The first-order valence-electron chi connectivity index (χ1n) is 8.41. The summed E-state index contributed by atoms with van der Waals surface area (Å²) < 4.78 is 6.48. The Morgan fingerprint density at radius 3 is 2.33 bits per heavy atom. The summed E-state index contributed by atoms with van der Waals surface area (Å²) >= 11 is 6.64. The van der Waals surface area contributed by atoms with Crippen molar-refractivity contribution in [2.75, 3.05) is 0 Å². The van der Waals surface area contributed by atoms with Gasteiger partial charge in [-0.1, -0.05) is 31.7 Å². The predicted molar refractivity (Wildman–Crippen MR) is 89.5 cm³/mol. The van der Waals surface area contributed by atoms with E-state index in [4.69, 9.17) is 16.3 Å². The fourth-order valence-electron chi connectivity index (χ4n) is 4.16. The van der Waals surface area contributed by atoms with Crippen LogP contribution in [0.15, 0.2) is 12.1 Å². The fourth-order valence-corrected chi connectivity index (χ4v) is 4.68. The standard InChI is InChI=1S/C19H27ClO/c1-13-10-14(2)15(3)16(11-13)21-18-12-17(20)19(18)8-6-4-5-7-9-19/h10-11,17-18H,4-9,12H2,1-3H3. The van der Waals surface area contributed by atoms with E-state index in [-0.39, 0.29) is 5.41 Å². The Labute approximate surface area is 134 Å². The summed E-state index contributed by atoms with van der Waals surface area (Å²) in [5, 5.41) is 0.312. The molecule has 21 heavy (non-hydrogen) atoms. The molecule has 1 spiro atoms. The van der Waals surface area contributed by atoms with E-state index in [0.717, 1.165) is 12.2 Å². The van der Waals surface area contributed by atoms with Gasteiger partial charge >= 0.3 is 0 Å². The van der Waals surface area contributed by atoms with Crippen LogP contribution in [0.5, 0.6) is 5.75 Å². The molecule has 0 amide bonds. The van der Waals surface area contributed by atoms with Crippen LogP contribution in [0.3, 0.4) is 0 Å². The van der Waals surface area contributed by atoms with Crippen molar-refractivity contribution in [2.24, 2.45) is 5.41 Å². The third kappa shape index (κ3) is 2.70. The van der Waals surface area contributed by atoms with Gasteiger partial charge in [-0.25, -0.2) is 0 Å². The molecular weight excluding hydrogens is 280 g/mol. The van der Waals surface area contributed by atoms with Gasteiger partial charge in [0.1, 0.15) is 11.9 Å². The molecule has 2 heteroatoms. The second-order valence-electron chi connectivity index (χ2n) is 7.16. The van der Waals surface area contributed by atoms with Crippen LogP contribution in [0.4, 0.5) is 0 Å². The van der Waals surface area contributed by atoms with E-state index >= 15 is 0 Å². The van der Waals surface area contributed by atoms with Gasteiger partial charge in [-0.3, -0.25) is 0 Å². The lowest BCUT2D eigenvalue weighted by atomic mass is 9.61. The molecular formula is C19H27ClO. The minimum Gasteiger partial charge on any atom is -0.489 e. The van der Waals surface area contributed by atoms with Crippen molar-refractivity contribution in [2.45, 2.75) is 77.2 Å². The van der Waals surface area contributed by atoms with E-state index < -0.39 is 0 Å². The third-order valence-corrected chi connectivity index (χ3v) is 6.37. The third-order valence-electron chi connectivity index (χ3n) is 5.75. The van der Waals surface area contributed by atoms with Crippen molar-refractivity contribution < 1.29 is 4.74 Å². The number of aryl methyl sites for hydroxylation is 2. The lowest BCUT2D eigenvalue weighted by Gasteiger charge is -2.53. The van der Waals surface area contributed by atoms with Crippen molar-refractivity contribution in [1.82, 2.24) is 0 Å². The van der Waals surface area contributed by atoms with E-state index in [1.807, 2.05) is 0 Å². The van der Waals surface area contributed by atoms with Crippen LogP contribution in [0.2, 0.25) is 0 Å². The maximum Gasteiger partial charge on any atom is 0.123 e. The molecule has 0 bridgehead atoms. The highest BCUT2D eigenvalue weighted by Gasteiger charge is 2.55. The summed E-state index contributed by atoms with van der Waals surface area (Å²) in [5.41, 5.74) is 4.12. The van der Waals surface area contributed by atoms with Crippen LogP contribution in [0.1, 0.15) is 61.6 Å². The molecule has 1 aromatic rings. The van der Waals surface area contributed by atoms with E-state index in [0.29, 0.717) is 11.5 Å². The molecule has 0 aromatic heterocycles. The SMILES string of the molecule is Cc1cc(C)c(C)c(OC2CC(Cl)C23CCCCCC3)c1. The normalized spacial score (nSPS) is 28.0. The molecule has 2 unspecified atom stereocenters. The highest BCUT2D eigenvalue weighted by Crippen LogP contribution is 2.55. The van der Waals surface area contributed by atoms with Gasteiger partial charge in [-0.2, -0.15) is 0 Å². The molecule has 2 fully saturated rings. The monoisotopic (exact) mass is 306 g/mol. The van der Waals surface area contributed by atoms with E-state index in [1.54, 1.807) is 0 Å². The van der Waals surface area contributed by atoms with Gasteiger partial charge in [0.2, 0.25) is 0 Å². The molecule has 0 heterocycles. The van der Waals surface area contributed by atoms with E-state index in [9.17, 15) is 0 Å². The Morgan fingerprint density at radius 1 is 1.05 bits per heavy atom. The molecule has 1 nitrogen and oxygen atoms in total. The Bertz CT molecular complexity index is 515. The molecule has 116 valence electrons. The van der Waals surface area contributed by atoms with Gasteiger partial charge in [0.15, 0.2) is 0 Å². The zero-order valence-electron chi connectivity index (χ0n) is 13.5. The summed E-state index contributed by atoms with van der Waals surface area (Å²) in [5.74, 6) is 1.07. The Kier molecular flexibility index (Phi) is 4.23. The largest absolute Gasteiger partial charge is 0.489 e. The van der Waals surface area contributed by atoms with Crippen molar-refractivity contribution in [3.8, 4) is 5.75 Å². The molecule has 2 aliphatic carbocycles. The number of alkyl halides is 1. The number of hydrogen-bond acceptors (Lipinski definition) is 1. The highest BCUT2D eigenvalue weighted by molar-refractivity contribution is 6.21. The molecule has 3 rings (SSSR count). The van der Waals surface area contributed by atoms with Crippen molar-refractivity contribution in [3.63, 3.8) is 0 Å². The van der Waals surface area contributed by atoms with Crippen LogP contribution < -0.4 is 4.74 Å². The number of hydrogen-bond donors (Lipinski definition) is 0. The number of ether oxygens (including phenoxy) is 1. The van der Waals surface area contributed by atoms with Gasteiger partial charge < -0.3 is 4.74 Å². The zero-order chi connectivity index (χ0) is 15.0. The van der Waals surface area contributed by atoms with Crippen molar-refractivity contribution in [1.29, 1.82) is 0 Å². The molecule has 2 saturated carbocycles. The van der Waals surface area contributed by atoms with Gasteiger partial charge in [0, 0.05) is 17.2 Å². The van der Waals surface area contributed by atoms with Crippen LogP contribution in [0, 0.1) is 26.2 Å². The minimum atomic E-state index is 0.238. The molecule has 0 N–H and O–H groups in total. The fraction of sp³-hybridized carbons (Fsp3) is 0.684. The lowest BCUT2D eigenvalue weighted by Crippen LogP contribution is -2.57. The van der Waals surface area contributed by atoms with Crippen LogP contribution in [-0.4, -0.2) is 11.5 Å². The Hall–Kier alpha value is -0.690. The van der Waals surface area contributed by atoms with Gasteiger partial charge in [-0.05, 0) is 56.4 Å². The summed E-state index contributed by atoms with van der Waals surface area (Å²) in [7, 11) is 0. The summed E-state index contributed by atoms with van der Waals surface area (Å²) in [4.78, 5) is 0. The van der Waals surface area contributed by atoms with Crippen molar-refractivity contribution >= 4 is 11.6 Å². The van der Waals surface area contributed by atoms with Gasteiger partial charge in [0.05, 0.1) is 0 Å². The van der Waals surface area contributed by atoms with Crippen LogP contribution >= 0.6 is 11.6 Å². The van der Waals surface area contributed by atoms with Gasteiger partial charge in [0.25, 0.3) is 0 Å². The summed E-state index contributed by atoms with van der Waals surface area (Å²) in [6, 6.07) is 4.42. The first kappa shape index (κ1) is 15.2. The molecule has 0 aliphatic heterocycles. The molecule has 1 aromatic carbocycles. The van der Waals surface area contributed by atoms with Crippen LogP contribution in [0.25, 0.3) is 0 Å². The Morgan fingerprint density at radius 2 is 1.71 bits per heavy atom. The lowest BCUT2D eigenvalue weighted by molar-refractivity contribution is -0.0516. The molecule has 0 saturated heterocycles. The second kappa shape index (κ2) is 5.83. The quantitative estimate of drug-likeness (QED) is 0.636. The highest BCUT2D eigenvalue weighted by atomic mass is 35.5. The average molecular weight is 307 g/mol. The molecule has 2 aliphatic rings. The molecule has 2 atom stereocenters. The number of benzene rings is 1. The smallest absolute Gasteiger partial charge is 0.123 e. The van der Waals surface area contributed by atoms with Crippen LogP contribution in [-0.2, 0) is 0 Å². The first-order valence-corrected chi connectivity index (χ1v) is 8.85. The number of rotatable bonds is 2. The maximum atomic E-state index is 6.64. The Balaban J connectivity index is 1.82. The van der Waals surface area contributed by atoms with E-state index in [2.05, 4.69) is 32.9 Å².